The normalized spacial score (nSPS) is 11.9. The lowest BCUT2D eigenvalue weighted by Crippen LogP contribution is -2.22. The number of aromatic nitrogens is 2. The molecule has 8 nitrogen and oxygen atoms in total. The summed E-state index contributed by atoms with van der Waals surface area (Å²) in [6.45, 7) is 0.0251. The quantitative estimate of drug-likeness (QED) is 0.527. The molecule has 3 aromatic rings. The Balaban J connectivity index is 1.84. The maximum absolute atomic E-state index is 12.2. The van der Waals surface area contributed by atoms with Gasteiger partial charge in [-0.15, -0.1) is 11.3 Å². The number of thiophene rings is 1. The van der Waals surface area contributed by atoms with Gasteiger partial charge in [-0.3, -0.25) is 10.1 Å². The highest BCUT2D eigenvalue weighted by Gasteiger charge is 2.25. The molecule has 0 amide bonds. The van der Waals surface area contributed by atoms with Crippen LogP contribution in [0.25, 0.3) is 11.0 Å². The molecule has 0 aliphatic heterocycles. The van der Waals surface area contributed by atoms with E-state index < -0.39 is 20.6 Å². The predicted octanol–water partition coefficient (Wildman–Crippen LogP) is 2.66. The Kier molecular flexibility index (Phi) is 4.06. The molecule has 0 aliphatic carbocycles. The van der Waals surface area contributed by atoms with E-state index in [1.165, 1.54) is 0 Å². The van der Waals surface area contributed by atoms with E-state index in [0.717, 1.165) is 11.5 Å². The van der Waals surface area contributed by atoms with Crippen LogP contribution in [0.15, 0.2) is 34.8 Å². The number of sulfonamides is 1. The highest BCUT2D eigenvalue weighted by atomic mass is 35.5. The molecule has 3 heterocycles. The average Bonchev–Trinajstić information content (AvgIpc) is 3.09. The molecule has 0 bridgehead atoms. The average molecular weight is 373 g/mol. The van der Waals surface area contributed by atoms with Crippen molar-refractivity contribution in [3.05, 3.63) is 50.6 Å². The van der Waals surface area contributed by atoms with E-state index in [2.05, 4.69) is 14.7 Å². The summed E-state index contributed by atoms with van der Waals surface area (Å²) in [4.78, 5) is 17.1. The Labute approximate surface area is 139 Å². The molecule has 0 radical (unpaired) electrons. The lowest BCUT2D eigenvalue weighted by Gasteiger charge is -2.03. The van der Waals surface area contributed by atoms with Gasteiger partial charge in [-0.05, 0) is 17.7 Å². The van der Waals surface area contributed by atoms with Gasteiger partial charge in [-0.25, -0.2) is 18.1 Å². The number of rotatable bonds is 5. The largest absolute Gasteiger partial charge is 0.346 e. The zero-order valence-corrected chi connectivity index (χ0v) is 13.7. The van der Waals surface area contributed by atoms with Crippen molar-refractivity contribution in [2.45, 2.75) is 10.8 Å². The number of hydrogen-bond acceptors (Lipinski definition) is 6. The third kappa shape index (κ3) is 3.06. The summed E-state index contributed by atoms with van der Waals surface area (Å²) >= 11 is 6.34. The fraction of sp³-hybridized carbons (Fsp3) is 0.0833. The van der Waals surface area contributed by atoms with E-state index in [-0.39, 0.29) is 15.1 Å². The molecule has 2 N–H and O–H groups in total. The minimum atomic E-state index is -3.89. The summed E-state index contributed by atoms with van der Waals surface area (Å²) in [5.41, 5.74) is 0.943. The van der Waals surface area contributed by atoms with Crippen molar-refractivity contribution in [2.75, 3.05) is 0 Å². The summed E-state index contributed by atoms with van der Waals surface area (Å²) in [5, 5.41) is 11.6. The molecule has 0 aromatic carbocycles. The van der Waals surface area contributed by atoms with Gasteiger partial charge in [0, 0.05) is 30.4 Å². The van der Waals surface area contributed by atoms with Crippen molar-refractivity contribution in [2.24, 2.45) is 0 Å². The maximum atomic E-state index is 12.2. The molecule has 0 unspecified atom stereocenters. The van der Waals surface area contributed by atoms with Crippen LogP contribution in [-0.4, -0.2) is 23.3 Å². The summed E-state index contributed by atoms with van der Waals surface area (Å²) < 4.78 is 26.5. The molecule has 3 aromatic heterocycles. The van der Waals surface area contributed by atoms with Gasteiger partial charge >= 0.3 is 0 Å². The topological polar surface area (TPSA) is 118 Å². The first-order chi connectivity index (χ1) is 10.9. The third-order valence-corrected chi connectivity index (χ3v) is 6.31. The van der Waals surface area contributed by atoms with Crippen LogP contribution in [0.5, 0.6) is 0 Å². The number of nitrogens with zero attached hydrogens (tertiary/aromatic N) is 2. The van der Waals surface area contributed by atoms with Gasteiger partial charge in [0.15, 0.2) is 4.34 Å². The molecule has 0 atom stereocenters. The first-order valence-corrected chi connectivity index (χ1v) is 8.90. The second kappa shape index (κ2) is 5.89. The van der Waals surface area contributed by atoms with Crippen molar-refractivity contribution in [3.8, 4) is 0 Å². The zero-order valence-electron chi connectivity index (χ0n) is 11.3. The Hall–Kier alpha value is -2.01. The lowest BCUT2D eigenvalue weighted by molar-refractivity contribution is -0.384. The van der Waals surface area contributed by atoms with Crippen molar-refractivity contribution in [3.63, 3.8) is 0 Å². The number of nitrogens with one attached hydrogen (secondary N) is 2. The second-order valence-electron chi connectivity index (χ2n) is 4.52. The number of nitro groups is 1. The number of aromatic amines is 1. The SMILES string of the molecule is O=[N+]([O-])c1cc(S(=O)(=O)NCc2c[nH]c3ncccc23)sc1Cl. The van der Waals surface area contributed by atoms with Gasteiger partial charge in [-0.1, -0.05) is 11.6 Å². The van der Waals surface area contributed by atoms with Crippen molar-refractivity contribution < 1.29 is 13.3 Å². The highest BCUT2D eigenvalue weighted by molar-refractivity contribution is 7.91. The molecular formula is C12H9ClN4O4S2. The van der Waals surface area contributed by atoms with E-state index in [9.17, 15) is 18.5 Å². The van der Waals surface area contributed by atoms with Gasteiger partial charge in [-0.2, -0.15) is 0 Å². The minimum Gasteiger partial charge on any atom is -0.346 e. The highest BCUT2D eigenvalue weighted by Crippen LogP contribution is 2.36. The molecule has 0 saturated heterocycles. The number of pyridine rings is 1. The Morgan fingerprint density at radius 2 is 2.26 bits per heavy atom. The van der Waals surface area contributed by atoms with Gasteiger partial charge in [0.1, 0.15) is 9.86 Å². The Bertz CT molecular complexity index is 996. The summed E-state index contributed by atoms with van der Waals surface area (Å²) in [5.74, 6) is 0. The third-order valence-electron chi connectivity index (χ3n) is 3.10. The van der Waals surface area contributed by atoms with Crippen molar-refractivity contribution >= 4 is 49.7 Å². The number of H-pyrrole nitrogens is 1. The van der Waals surface area contributed by atoms with Crippen molar-refractivity contribution in [1.29, 1.82) is 0 Å². The fourth-order valence-corrected chi connectivity index (χ4v) is 4.71. The van der Waals surface area contributed by atoms with Gasteiger partial charge in [0.25, 0.3) is 15.7 Å². The monoisotopic (exact) mass is 372 g/mol. The minimum absolute atomic E-state index is 0.0251. The van der Waals surface area contributed by atoms with E-state index in [4.69, 9.17) is 11.6 Å². The van der Waals surface area contributed by atoms with E-state index in [1.807, 2.05) is 6.07 Å². The van der Waals surface area contributed by atoms with Crippen LogP contribution in [0.2, 0.25) is 4.34 Å². The van der Waals surface area contributed by atoms with Crippen LogP contribution in [0.3, 0.4) is 0 Å². The van der Waals surface area contributed by atoms with E-state index in [0.29, 0.717) is 22.5 Å². The first kappa shape index (κ1) is 15.9. The van der Waals surface area contributed by atoms with Gasteiger partial charge < -0.3 is 4.98 Å². The molecule has 3 rings (SSSR count). The summed E-state index contributed by atoms with van der Waals surface area (Å²) in [7, 11) is -3.89. The Morgan fingerprint density at radius 1 is 1.48 bits per heavy atom. The summed E-state index contributed by atoms with van der Waals surface area (Å²) in [6.07, 6.45) is 3.28. The zero-order chi connectivity index (χ0) is 16.6. The molecule has 0 aliphatic rings. The van der Waals surface area contributed by atoms with Crippen LogP contribution >= 0.6 is 22.9 Å². The standard InChI is InChI=1S/C12H9ClN4O4S2/c13-11-9(17(18)19)4-10(22-11)23(20,21)16-6-7-5-15-12-8(7)2-1-3-14-12/h1-5,16H,6H2,(H,14,15). The van der Waals surface area contributed by atoms with Crippen LogP contribution < -0.4 is 4.72 Å². The maximum Gasteiger partial charge on any atom is 0.300 e. The van der Waals surface area contributed by atoms with Crippen LogP contribution in [0.4, 0.5) is 5.69 Å². The number of hydrogen-bond donors (Lipinski definition) is 2. The molecular weight excluding hydrogens is 364 g/mol. The second-order valence-corrected chi connectivity index (χ2v) is 8.17. The molecule has 11 heteroatoms. The number of fused-ring (bicyclic) bond motifs is 1. The molecule has 0 saturated carbocycles. The lowest BCUT2D eigenvalue weighted by atomic mass is 10.2. The smallest absolute Gasteiger partial charge is 0.300 e. The Morgan fingerprint density at radius 3 is 2.96 bits per heavy atom. The van der Waals surface area contributed by atoms with Crippen LogP contribution in [-0.2, 0) is 16.6 Å². The van der Waals surface area contributed by atoms with E-state index >= 15 is 0 Å². The number of halogens is 1. The van der Waals surface area contributed by atoms with Gasteiger partial charge in [0.05, 0.1) is 4.92 Å². The fourth-order valence-electron chi connectivity index (χ4n) is 2.00. The van der Waals surface area contributed by atoms with Crippen LogP contribution in [0, 0.1) is 10.1 Å². The predicted molar refractivity (Wildman–Crippen MR) is 86.1 cm³/mol. The molecule has 23 heavy (non-hydrogen) atoms. The van der Waals surface area contributed by atoms with Gasteiger partial charge in [0.2, 0.25) is 0 Å². The molecule has 0 fully saturated rings. The van der Waals surface area contributed by atoms with Crippen LogP contribution in [0.1, 0.15) is 5.56 Å². The van der Waals surface area contributed by atoms with E-state index in [1.54, 1.807) is 18.5 Å². The molecule has 0 spiro atoms. The van der Waals surface area contributed by atoms with Crippen molar-refractivity contribution in [1.82, 2.24) is 14.7 Å². The first-order valence-electron chi connectivity index (χ1n) is 6.23. The molecule has 120 valence electrons. The summed E-state index contributed by atoms with van der Waals surface area (Å²) in [6, 6.07) is 4.51.